The van der Waals surface area contributed by atoms with Crippen LogP contribution in [-0.4, -0.2) is 21.3 Å². The molecule has 0 radical (unpaired) electrons. The summed E-state index contributed by atoms with van der Waals surface area (Å²) in [5.74, 6) is -2.64. The van der Waals surface area contributed by atoms with Crippen LogP contribution < -0.4 is 0 Å². The maximum absolute atomic E-state index is 8.48. The Kier molecular flexibility index (Phi) is 3.57. The van der Waals surface area contributed by atoms with Gasteiger partial charge in [0.15, 0.2) is 0 Å². The molecule has 0 unspecified atom stereocenters. The van der Waals surface area contributed by atoms with Gasteiger partial charge in [-0.3, -0.25) is 0 Å². The molecule has 0 aromatic heterocycles. The summed E-state index contributed by atoms with van der Waals surface area (Å²) in [5.41, 5.74) is 0.826. The first-order valence-corrected chi connectivity index (χ1v) is 3.37. The minimum absolute atomic E-state index is 0.722. The second-order valence-electron chi connectivity index (χ2n) is 2.20. The normalized spacial score (nSPS) is 11.3. The summed E-state index contributed by atoms with van der Waals surface area (Å²) in [6.07, 6.45) is 2.49. The molecule has 0 bridgehead atoms. The SMILES string of the molecule is CCC(=CC(O)(O)O)CC. The van der Waals surface area contributed by atoms with Crippen molar-refractivity contribution in [3.8, 4) is 0 Å². The van der Waals surface area contributed by atoms with Crippen LogP contribution in [0.4, 0.5) is 0 Å². The summed E-state index contributed by atoms with van der Waals surface area (Å²) in [7, 11) is 0. The maximum Gasteiger partial charge on any atom is 0.297 e. The smallest absolute Gasteiger partial charge is 0.297 e. The molecular formula is C7H14O3. The highest BCUT2D eigenvalue weighted by Gasteiger charge is 2.13. The number of rotatable bonds is 3. The zero-order valence-electron chi connectivity index (χ0n) is 6.33. The van der Waals surface area contributed by atoms with E-state index in [0.717, 1.165) is 24.5 Å². The average Bonchev–Trinajstić information content (AvgIpc) is 1.81. The predicted octanol–water partition coefficient (Wildman–Crippen LogP) is 0.364. The van der Waals surface area contributed by atoms with Crippen LogP contribution >= 0.6 is 0 Å². The van der Waals surface area contributed by atoms with Gasteiger partial charge in [-0.15, -0.1) is 0 Å². The van der Waals surface area contributed by atoms with Crippen LogP contribution in [0.1, 0.15) is 26.7 Å². The Balaban J connectivity index is 4.11. The molecule has 0 atom stereocenters. The summed E-state index contributed by atoms with van der Waals surface area (Å²) in [6.45, 7) is 3.78. The fraction of sp³-hybridized carbons (Fsp3) is 0.714. The van der Waals surface area contributed by atoms with E-state index in [9.17, 15) is 0 Å². The largest absolute Gasteiger partial charge is 0.340 e. The molecule has 0 fully saturated rings. The van der Waals surface area contributed by atoms with E-state index in [-0.39, 0.29) is 0 Å². The van der Waals surface area contributed by atoms with E-state index in [2.05, 4.69) is 0 Å². The molecule has 0 aliphatic rings. The third-order valence-corrected chi connectivity index (χ3v) is 1.31. The number of hydrogen-bond acceptors (Lipinski definition) is 3. The van der Waals surface area contributed by atoms with Gasteiger partial charge in [0.25, 0.3) is 5.97 Å². The van der Waals surface area contributed by atoms with Gasteiger partial charge in [0.05, 0.1) is 0 Å². The Hall–Kier alpha value is -0.380. The lowest BCUT2D eigenvalue weighted by Gasteiger charge is -2.10. The van der Waals surface area contributed by atoms with E-state index in [1.165, 1.54) is 0 Å². The Morgan fingerprint density at radius 1 is 1.20 bits per heavy atom. The van der Waals surface area contributed by atoms with Crippen molar-refractivity contribution in [2.75, 3.05) is 0 Å². The van der Waals surface area contributed by atoms with Gasteiger partial charge >= 0.3 is 0 Å². The molecule has 3 heteroatoms. The fourth-order valence-corrected chi connectivity index (χ4v) is 0.728. The molecular weight excluding hydrogens is 132 g/mol. The molecule has 0 aliphatic carbocycles. The molecule has 3 nitrogen and oxygen atoms in total. The highest BCUT2D eigenvalue weighted by Crippen LogP contribution is 2.09. The summed E-state index contributed by atoms with van der Waals surface area (Å²) in [5, 5.41) is 25.5. The fourth-order valence-electron chi connectivity index (χ4n) is 0.728. The molecule has 0 saturated heterocycles. The second-order valence-corrected chi connectivity index (χ2v) is 2.20. The lowest BCUT2D eigenvalue weighted by atomic mass is 10.1. The Morgan fingerprint density at radius 3 is 1.70 bits per heavy atom. The van der Waals surface area contributed by atoms with Gasteiger partial charge < -0.3 is 15.3 Å². The van der Waals surface area contributed by atoms with Gasteiger partial charge in [0, 0.05) is 6.08 Å². The van der Waals surface area contributed by atoms with Crippen molar-refractivity contribution in [1.82, 2.24) is 0 Å². The Morgan fingerprint density at radius 2 is 1.60 bits per heavy atom. The van der Waals surface area contributed by atoms with Gasteiger partial charge in [0.1, 0.15) is 0 Å². The van der Waals surface area contributed by atoms with Crippen LogP contribution in [-0.2, 0) is 0 Å². The molecule has 0 rings (SSSR count). The first-order chi connectivity index (χ1) is 4.49. The third-order valence-electron chi connectivity index (χ3n) is 1.31. The topological polar surface area (TPSA) is 60.7 Å². The number of hydrogen-bond donors (Lipinski definition) is 3. The van der Waals surface area contributed by atoms with E-state index < -0.39 is 5.97 Å². The van der Waals surface area contributed by atoms with Gasteiger partial charge in [-0.2, -0.15) is 0 Å². The molecule has 3 N–H and O–H groups in total. The molecule has 10 heavy (non-hydrogen) atoms. The maximum atomic E-state index is 8.48. The monoisotopic (exact) mass is 146 g/mol. The van der Waals surface area contributed by atoms with Crippen LogP contribution in [0.5, 0.6) is 0 Å². The number of aliphatic hydroxyl groups is 3. The highest BCUT2D eigenvalue weighted by atomic mass is 16.7. The summed E-state index contributed by atoms with van der Waals surface area (Å²) >= 11 is 0. The molecule has 0 aromatic carbocycles. The van der Waals surface area contributed by atoms with E-state index in [4.69, 9.17) is 15.3 Å². The van der Waals surface area contributed by atoms with Gasteiger partial charge in [-0.25, -0.2) is 0 Å². The van der Waals surface area contributed by atoms with E-state index in [1.807, 2.05) is 13.8 Å². The summed E-state index contributed by atoms with van der Waals surface area (Å²) in [6, 6.07) is 0. The zero-order chi connectivity index (χ0) is 8.20. The first kappa shape index (κ1) is 9.62. The third kappa shape index (κ3) is 4.49. The first-order valence-electron chi connectivity index (χ1n) is 3.37. The van der Waals surface area contributed by atoms with Gasteiger partial charge in [-0.1, -0.05) is 19.4 Å². The standard InChI is InChI=1S/C7H14O3/c1-3-6(4-2)5-7(8,9)10/h5,8-10H,3-4H2,1-2H3. The predicted molar refractivity (Wildman–Crippen MR) is 38.1 cm³/mol. The van der Waals surface area contributed by atoms with Gasteiger partial charge in [-0.05, 0) is 12.8 Å². The van der Waals surface area contributed by atoms with E-state index >= 15 is 0 Å². The highest BCUT2D eigenvalue weighted by molar-refractivity contribution is 5.03. The molecule has 60 valence electrons. The van der Waals surface area contributed by atoms with Crippen molar-refractivity contribution >= 4 is 0 Å². The van der Waals surface area contributed by atoms with Crippen molar-refractivity contribution in [1.29, 1.82) is 0 Å². The van der Waals surface area contributed by atoms with Crippen molar-refractivity contribution in [3.05, 3.63) is 11.6 Å². The minimum Gasteiger partial charge on any atom is -0.340 e. The van der Waals surface area contributed by atoms with Crippen molar-refractivity contribution < 1.29 is 15.3 Å². The lowest BCUT2D eigenvalue weighted by Crippen LogP contribution is -2.24. The number of allylic oxidation sites excluding steroid dienone is 1. The molecule has 0 saturated carbocycles. The molecule has 0 heterocycles. The van der Waals surface area contributed by atoms with E-state index in [1.54, 1.807) is 0 Å². The molecule has 0 aromatic rings. The molecule has 0 amide bonds. The molecule has 0 spiro atoms. The quantitative estimate of drug-likeness (QED) is 0.398. The Labute approximate surface area is 60.6 Å². The van der Waals surface area contributed by atoms with E-state index in [0.29, 0.717) is 0 Å². The zero-order valence-corrected chi connectivity index (χ0v) is 6.33. The van der Waals surface area contributed by atoms with Crippen molar-refractivity contribution in [2.45, 2.75) is 32.7 Å². The summed E-state index contributed by atoms with van der Waals surface area (Å²) < 4.78 is 0. The van der Waals surface area contributed by atoms with Crippen LogP contribution in [0.3, 0.4) is 0 Å². The molecule has 0 aliphatic heterocycles. The second kappa shape index (κ2) is 3.71. The van der Waals surface area contributed by atoms with Crippen LogP contribution in [0, 0.1) is 0 Å². The Bertz CT molecular complexity index is 115. The lowest BCUT2D eigenvalue weighted by molar-refractivity contribution is -0.273. The van der Waals surface area contributed by atoms with Crippen LogP contribution in [0.2, 0.25) is 0 Å². The van der Waals surface area contributed by atoms with Crippen LogP contribution in [0.15, 0.2) is 11.6 Å². The van der Waals surface area contributed by atoms with Crippen molar-refractivity contribution in [2.24, 2.45) is 0 Å². The minimum atomic E-state index is -2.64. The van der Waals surface area contributed by atoms with Crippen LogP contribution in [0.25, 0.3) is 0 Å². The van der Waals surface area contributed by atoms with Crippen molar-refractivity contribution in [3.63, 3.8) is 0 Å². The van der Waals surface area contributed by atoms with Gasteiger partial charge in [0.2, 0.25) is 0 Å². The average molecular weight is 146 g/mol. The summed E-state index contributed by atoms with van der Waals surface area (Å²) in [4.78, 5) is 0.